The molecule has 2 N–H and O–H groups in total. The van der Waals surface area contributed by atoms with E-state index in [1.165, 1.54) is 0 Å². The van der Waals surface area contributed by atoms with E-state index in [-0.39, 0.29) is 5.82 Å². The predicted molar refractivity (Wildman–Crippen MR) is 80.7 cm³/mol. The predicted octanol–water partition coefficient (Wildman–Crippen LogP) is 2.71. The number of carboxylic acids is 1. The third-order valence-electron chi connectivity index (χ3n) is 2.87. The minimum Gasteiger partial charge on any atom is -0.475 e. The number of para-hydroxylation sites is 1. The van der Waals surface area contributed by atoms with E-state index in [4.69, 9.17) is 5.11 Å². The highest BCUT2D eigenvalue weighted by atomic mass is 32.1. The quantitative estimate of drug-likeness (QED) is 0.770. The first-order chi connectivity index (χ1) is 10.1. The minimum atomic E-state index is -1.14. The Morgan fingerprint density at radius 1 is 1.33 bits per heavy atom. The van der Waals surface area contributed by atoms with Gasteiger partial charge in [-0.2, -0.15) is 0 Å². The Labute approximate surface area is 124 Å². The fraction of sp³-hybridized carbons (Fsp3) is 0.143. The van der Waals surface area contributed by atoms with Crippen LogP contribution in [0.4, 0.5) is 5.82 Å². The average molecular weight is 300 g/mol. The van der Waals surface area contributed by atoms with Crippen LogP contribution in [0.15, 0.2) is 30.5 Å². The number of thiazole rings is 1. The Morgan fingerprint density at radius 2 is 2.14 bits per heavy atom. The van der Waals surface area contributed by atoms with Crippen molar-refractivity contribution < 1.29 is 9.90 Å². The number of hydrogen-bond acceptors (Lipinski definition) is 6. The maximum Gasteiger partial charge on any atom is 0.374 e. The molecule has 2 aromatic heterocycles. The second kappa shape index (κ2) is 5.45. The summed E-state index contributed by atoms with van der Waals surface area (Å²) in [4.78, 5) is 24.6. The number of nitrogens with one attached hydrogen (secondary N) is 1. The first kappa shape index (κ1) is 13.4. The van der Waals surface area contributed by atoms with Gasteiger partial charge in [-0.25, -0.2) is 19.7 Å². The van der Waals surface area contributed by atoms with Crippen molar-refractivity contribution in [2.75, 3.05) is 5.32 Å². The topological polar surface area (TPSA) is 88.0 Å². The molecule has 3 aromatic rings. The molecule has 3 rings (SSSR count). The molecule has 0 amide bonds. The van der Waals surface area contributed by atoms with E-state index in [2.05, 4.69) is 20.3 Å². The van der Waals surface area contributed by atoms with Crippen LogP contribution in [0, 0.1) is 6.92 Å². The third kappa shape index (κ3) is 2.82. The number of rotatable bonds is 4. The summed E-state index contributed by atoms with van der Waals surface area (Å²) in [5, 5.41) is 14.0. The van der Waals surface area contributed by atoms with Crippen LogP contribution in [0.25, 0.3) is 10.9 Å². The van der Waals surface area contributed by atoms with Crippen LogP contribution in [0.3, 0.4) is 0 Å². The van der Waals surface area contributed by atoms with Gasteiger partial charge in [-0.15, -0.1) is 11.3 Å². The highest BCUT2D eigenvalue weighted by Gasteiger charge is 2.12. The molecular weight excluding hydrogens is 288 g/mol. The molecular formula is C14H12N4O2S. The van der Waals surface area contributed by atoms with Crippen molar-refractivity contribution in [3.8, 4) is 0 Å². The number of aryl methyl sites for hydroxylation is 1. The number of aromatic nitrogens is 3. The molecule has 1 aromatic carbocycles. The van der Waals surface area contributed by atoms with Crippen LogP contribution in [0.1, 0.15) is 20.5 Å². The zero-order chi connectivity index (χ0) is 14.8. The highest BCUT2D eigenvalue weighted by Crippen LogP contribution is 2.21. The van der Waals surface area contributed by atoms with Crippen molar-refractivity contribution in [2.45, 2.75) is 13.5 Å². The highest BCUT2D eigenvalue weighted by molar-refractivity contribution is 7.11. The summed E-state index contributed by atoms with van der Waals surface area (Å²) in [6.45, 7) is 2.49. The van der Waals surface area contributed by atoms with Crippen LogP contribution in [-0.4, -0.2) is 26.0 Å². The zero-order valence-electron chi connectivity index (χ0n) is 11.2. The maximum atomic E-state index is 11.1. The third-order valence-corrected chi connectivity index (χ3v) is 3.78. The van der Waals surface area contributed by atoms with Crippen LogP contribution in [0.5, 0.6) is 0 Å². The van der Waals surface area contributed by atoms with Crippen molar-refractivity contribution in [2.24, 2.45) is 0 Å². The molecule has 0 aliphatic carbocycles. The average Bonchev–Trinajstić information content (AvgIpc) is 2.90. The first-order valence-corrected chi connectivity index (χ1v) is 7.10. The molecule has 0 aliphatic heterocycles. The van der Waals surface area contributed by atoms with Gasteiger partial charge in [-0.3, -0.25) is 0 Å². The number of fused-ring (bicyclic) bond motifs is 1. The van der Waals surface area contributed by atoms with Crippen molar-refractivity contribution in [3.63, 3.8) is 0 Å². The largest absolute Gasteiger partial charge is 0.475 e. The number of benzene rings is 1. The van der Waals surface area contributed by atoms with Gasteiger partial charge in [0.15, 0.2) is 0 Å². The van der Waals surface area contributed by atoms with Crippen molar-refractivity contribution in [1.29, 1.82) is 0 Å². The Bertz CT molecular complexity index is 816. The Kier molecular flexibility index (Phi) is 3.49. The molecule has 7 heteroatoms. The lowest BCUT2D eigenvalue weighted by Crippen LogP contribution is -2.09. The van der Waals surface area contributed by atoms with Gasteiger partial charge in [-0.05, 0) is 19.1 Å². The Hall–Kier alpha value is -2.54. The second-order valence-electron chi connectivity index (χ2n) is 4.44. The molecule has 0 aliphatic rings. The van der Waals surface area contributed by atoms with Gasteiger partial charge in [0.05, 0.1) is 12.1 Å². The van der Waals surface area contributed by atoms with E-state index in [9.17, 15) is 4.79 Å². The van der Waals surface area contributed by atoms with E-state index in [0.29, 0.717) is 17.9 Å². The lowest BCUT2D eigenvalue weighted by atomic mass is 10.2. The van der Waals surface area contributed by atoms with Gasteiger partial charge in [-0.1, -0.05) is 12.1 Å². The van der Waals surface area contributed by atoms with Crippen molar-refractivity contribution in [3.05, 3.63) is 46.2 Å². The molecule has 0 radical (unpaired) electrons. The second-order valence-corrected chi connectivity index (χ2v) is 5.76. The van der Waals surface area contributed by atoms with Gasteiger partial charge >= 0.3 is 5.97 Å². The minimum absolute atomic E-state index is 0.216. The fourth-order valence-electron chi connectivity index (χ4n) is 1.95. The lowest BCUT2D eigenvalue weighted by molar-refractivity contribution is 0.0684. The molecule has 0 bridgehead atoms. The van der Waals surface area contributed by atoms with E-state index in [1.807, 2.05) is 31.3 Å². The van der Waals surface area contributed by atoms with Crippen LogP contribution in [-0.2, 0) is 6.54 Å². The van der Waals surface area contributed by atoms with E-state index >= 15 is 0 Å². The number of hydrogen-bond donors (Lipinski definition) is 2. The number of carboxylic acid groups (broad SMARTS) is 1. The summed E-state index contributed by atoms with van der Waals surface area (Å²) >= 11 is 1.59. The fourth-order valence-corrected chi connectivity index (χ4v) is 2.68. The van der Waals surface area contributed by atoms with Gasteiger partial charge in [0, 0.05) is 16.5 Å². The molecule has 0 saturated heterocycles. The monoisotopic (exact) mass is 300 g/mol. The molecule has 0 saturated carbocycles. The van der Waals surface area contributed by atoms with Crippen LogP contribution in [0.2, 0.25) is 0 Å². The molecule has 6 nitrogen and oxygen atoms in total. The molecule has 106 valence electrons. The number of aromatic carboxylic acids is 1. The maximum absolute atomic E-state index is 11.1. The van der Waals surface area contributed by atoms with E-state index in [1.54, 1.807) is 17.4 Å². The molecule has 21 heavy (non-hydrogen) atoms. The van der Waals surface area contributed by atoms with E-state index in [0.717, 1.165) is 15.3 Å². The molecule has 0 unspecified atom stereocenters. The van der Waals surface area contributed by atoms with Crippen LogP contribution >= 0.6 is 11.3 Å². The van der Waals surface area contributed by atoms with Crippen molar-refractivity contribution in [1.82, 2.24) is 15.0 Å². The summed E-state index contributed by atoms with van der Waals surface area (Å²) < 4.78 is 0. The normalized spacial score (nSPS) is 10.7. The first-order valence-electron chi connectivity index (χ1n) is 6.29. The van der Waals surface area contributed by atoms with Crippen molar-refractivity contribution >= 4 is 34.0 Å². The van der Waals surface area contributed by atoms with Crippen LogP contribution < -0.4 is 5.32 Å². The zero-order valence-corrected chi connectivity index (χ0v) is 12.0. The summed E-state index contributed by atoms with van der Waals surface area (Å²) in [7, 11) is 0. The van der Waals surface area contributed by atoms with Gasteiger partial charge in [0.25, 0.3) is 0 Å². The SMILES string of the molecule is Cc1cnc(CNc2nc(C(=O)O)nc3ccccc23)s1. The Balaban J connectivity index is 1.97. The molecule has 2 heterocycles. The van der Waals surface area contributed by atoms with Gasteiger partial charge < -0.3 is 10.4 Å². The lowest BCUT2D eigenvalue weighted by Gasteiger charge is -2.08. The standard InChI is InChI=1S/C14H12N4O2S/c1-8-6-15-11(21-8)7-16-12-9-4-2-3-5-10(9)17-13(18-12)14(19)20/h2-6H,7H2,1H3,(H,19,20)(H,16,17,18). The molecule has 0 spiro atoms. The number of anilines is 1. The van der Waals surface area contributed by atoms with E-state index < -0.39 is 5.97 Å². The smallest absolute Gasteiger partial charge is 0.374 e. The summed E-state index contributed by atoms with van der Waals surface area (Å²) in [6.07, 6.45) is 1.81. The molecule has 0 atom stereocenters. The summed E-state index contributed by atoms with van der Waals surface area (Å²) in [5.41, 5.74) is 0.600. The molecule has 0 fully saturated rings. The van der Waals surface area contributed by atoms with Gasteiger partial charge in [0.2, 0.25) is 5.82 Å². The summed E-state index contributed by atoms with van der Waals surface area (Å²) in [5.74, 6) is -0.855. The van der Waals surface area contributed by atoms with Gasteiger partial charge in [0.1, 0.15) is 10.8 Å². The summed E-state index contributed by atoms with van der Waals surface area (Å²) in [6, 6.07) is 7.30. The number of nitrogens with zero attached hydrogens (tertiary/aromatic N) is 3. The Morgan fingerprint density at radius 3 is 2.86 bits per heavy atom. The number of carbonyl (C=O) groups is 1.